The average molecular weight is 289 g/mol. The molecule has 0 radical (unpaired) electrons. The molecular weight excluding hydrogens is 273 g/mol. The zero-order valence-electron chi connectivity index (χ0n) is 10.9. The highest BCUT2D eigenvalue weighted by Crippen LogP contribution is 2.13. The largest absolute Gasteiger partial charge is 0.444 e. The molecule has 1 N–H and O–H groups in total. The third kappa shape index (κ3) is 5.69. The minimum absolute atomic E-state index is 0.168. The van der Waals surface area contributed by atoms with Gasteiger partial charge in [-0.05, 0) is 38.5 Å². The lowest BCUT2D eigenvalue weighted by atomic mass is 10.2. The van der Waals surface area contributed by atoms with Crippen LogP contribution in [0.1, 0.15) is 26.3 Å². The highest BCUT2D eigenvalue weighted by molar-refractivity contribution is 7.86. The second-order valence-electron chi connectivity index (χ2n) is 4.94. The number of benzene rings is 1. The first-order chi connectivity index (χ1) is 8.58. The molecule has 1 aromatic rings. The molecule has 0 aliphatic rings. The van der Waals surface area contributed by atoms with Gasteiger partial charge in [0.05, 0.1) is 4.90 Å². The van der Waals surface area contributed by atoms with E-state index in [1.807, 2.05) is 0 Å². The highest BCUT2D eigenvalue weighted by Gasteiger charge is 2.16. The van der Waals surface area contributed by atoms with E-state index in [0.717, 1.165) is 12.1 Å². The Morgan fingerprint density at radius 1 is 1.26 bits per heavy atom. The Morgan fingerprint density at radius 3 is 2.21 bits per heavy atom. The van der Waals surface area contributed by atoms with Crippen LogP contribution in [0, 0.1) is 0 Å². The Kier molecular flexibility index (Phi) is 4.52. The molecule has 0 aliphatic heterocycles. The molecule has 0 saturated carbocycles. The van der Waals surface area contributed by atoms with Crippen molar-refractivity contribution in [3.63, 3.8) is 0 Å². The minimum Gasteiger partial charge on any atom is -0.444 e. The van der Waals surface area contributed by atoms with Gasteiger partial charge in [-0.3, -0.25) is 0 Å². The molecule has 0 aromatic heterocycles. The van der Waals surface area contributed by atoms with Crippen molar-refractivity contribution >= 4 is 16.3 Å². The normalized spacial score (nSPS) is 12.0. The number of ether oxygens (including phenoxy) is 1. The van der Waals surface area contributed by atoms with Crippen LogP contribution in [0.15, 0.2) is 29.2 Å². The fourth-order valence-corrected chi connectivity index (χ4v) is 1.72. The van der Waals surface area contributed by atoms with Crippen LogP contribution in [0.25, 0.3) is 0 Å². The summed E-state index contributed by atoms with van der Waals surface area (Å²) in [5, 5.41) is 2.51. The van der Waals surface area contributed by atoms with Crippen molar-refractivity contribution in [3.05, 3.63) is 29.8 Å². The molecule has 0 atom stereocenters. The van der Waals surface area contributed by atoms with Crippen molar-refractivity contribution in [2.75, 3.05) is 0 Å². The molecule has 0 heterocycles. The molecule has 7 heteroatoms. The number of halogens is 1. The first-order valence-electron chi connectivity index (χ1n) is 5.58. The predicted molar refractivity (Wildman–Crippen MR) is 67.8 cm³/mol. The van der Waals surface area contributed by atoms with Crippen LogP contribution in [0.2, 0.25) is 0 Å². The summed E-state index contributed by atoms with van der Waals surface area (Å²) in [6.07, 6.45) is -0.574. The Labute approximate surface area is 112 Å². The number of hydrogen-bond acceptors (Lipinski definition) is 4. The van der Waals surface area contributed by atoms with Gasteiger partial charge in [-0.2, -0.15) is 8.42 Å². The second kappa shape index (κ2) is 5.56. The summed E-state index contributed by atoms with van der Waals surface area (Å²) in [4.78, 5) is 11.0. The zero-order chi connectivity index (χ0) is 14.7. The van der Waals surface area contributed by atoms with E-state index in [-0.39, 0.29) is 6.54 Å². The topological polar surface area (TPSA) is 72.5 Å². The molecule has 5 nitrogen and oxygen atoms in total. The molecule has 0 spiro atoms. The lowest BCUT2D eigenvalue weighted by Gasteiger charge is -2.19. The molecule has 0 fully saturated rings. The van der Waals surface area contributed by atoms with Crippen molar-refractivity contribution in [1.29, 1.82) is 0 Å². The van der Waals surface area contributed by atoms with Crippen LogP contribution in [0.4, 0.5) is 8.68 Å². The summed E-state index contributed by atoms with van der Waals surface area (Å²) in [7, 11) is -4.69. The first kappa shape index (κ1) is 15.4. The summed E-state index contributed by atoms with van der Waals surface area (Å²) in [5.41, 5.74) is 0.0502. The zero-order valence-corrected chi connectivity index (χ0v) is 11.8. The Balaban J connectivity index is 2.58. The average Bonchev–Trinajstić information content (AvgIpc) is 2.23. The third-order valence-electron chi connectivity index (χ3n) is 2.04. The summed E-state index contributed by atoms with van der Waals surface area (Å²) in [6, 6.07) is 5.12. The van der Waals surface area contributed by atoms with Gasteiger partial charge in [0, 0.05) is 6.54 Å². The van der Waals surface area contributed by atoms with Crippen molar-refractivity contribution in [1.82, 2.24) is 5.32 Å². The third-order valence-corrected chi connectivity index (χ3v) is 2.88. The van der Waals surface area contributed by atoms with E-state index in [1.165, 1.54) is 12.1 Å². The molecule has 0 aliphatic carbocycles. The predicted octanol–water partition coefficient (Wildman–Crippen LogP) is 2.37. The molecule has 0 saturated heterocycles. The van der Waals surface area contributed by atoms with Crippen LogP contribution in [-0.2, 0) is 21.5 Å². The molecular formula is C12H16FNO4S. The van der Waals surface area contributed by atoms with Gasteiger partial charge in [0.15, 0.2) is 0 Å². The monoisotopic (exact) mass is 289 g/mol. The van der Waals surface area contributed by atoms with Crippen LogP contribution < -0.4 is 5.32 Å². The van der Waals surface area contributed by atoms with Gasteiger partial charge < -0.3 is 10.1 Å². The summed E-state index contributed by atoms with van der Waals surface area (Å²) in [6.45, 7) is 5.40. The maximum Gasteiger partial charge on any atom is 0.407 e. The fourth-order valence-electron chi connectivity index (χ4n) is 1.26. The number of alkyl carbamates (subject to hydrolysis) is 1. The molecule has 1 amide bonds. The van der Waals surface area contributed by atoms with E-state index in [1.54, 1.807) is 20.8 Å². The standard InChI is InChI=1S/C12H16FNO4S/c1-12(2,3)18-11(15)14-8-9-4-6-10(7-5-9)19(13,16)17/h4-7H,8H2,1-3H3,(H,14,15). The number of carbonyl (C=O) groups is 1. The van der Waals surface area contributed by atoms with Gasteiger partial charge in [-0.1, -0.05) is 12.1 Å². The fraction of sp³-hybridized carbons (Fsp3) is 0.417. The van der Waals surface area contributed by atoms with Gasteiger partial charge in [0.1, 0.15) is 5.60 Å². The minimum atomic E-state index is -4.69. The van der Waals surface area contributed by atoms with Crippen molar-refractivity contribution < 1.29 is 21.8 Å². The number of nitrogens with one attached hydrogen (secondary N) is 1. The van der Waals surface area contributed by atoms with Crippen LogP contribution in [0.3, 0.4) is 0 Å². The SMILES string of the molecule is CC(C)(C)OC(=O)NCc1ccc(S(=O)(=O)F)cc1. The van der Waals surface area contributed by atoms with Crippen LogP contribution >= 0.6 is 0 Å². The smallest absolute Gasteiger partial charge is 0.407 e. The Hall–Kier alpha value is -1.63. The molecule has 1 rings (SSSR count). The van der Waals surface area contributed by atoms with E-state index in [9.17, 15) is 17.1 Å². The van der Waals surface area contributed by atoms with Crippen molar-refractivity contribution in [3.8, 4) is 0 Å². The number of carbonyl (C=O) groups excluding carboxylic acids is 1. The lowest BCUT2D eigenvalue weighted by molar-refractivity contribution is 0.0523. The van der Waals surface area contributed by atoms with Gasteiger partial charge in [0.2, 0.25) is 0 Å². The molecule has 19 heavy (non-hydrogen) atoms. The van der Waals surface area contributed by atoms with Gasteiger partial charge in [0.25, 0.3) is 0 Å². The van der Waals surface area contributed by atoms with E-state index in [4.69, 9.17) is 4.74 Å². The first-order valence-corrected chi connectivity index (χ1v) is 6.97. The molecule has 0 unspecified atom stereocenters. The van der Waals surface area contributed by atoms with E-state index in [0.29, 0.717) is 5.56 Å². The Morgan fingerprint density at radius 2 is 1.79 bits per heavy atom. The molecule has 0 bridgehead atoms. The van der Waals surface area contributed by atoms with Crippen LogP contribution in [0.5, 0.6) is 0 Å². The van der Waals surface area contributed by atoms with Gasteiger partial charge >= 0.3 is 16.3 Å². The Bertz CT molecular complexity index is 546. The lowest BCUT2D eigenvalue weighted by Crippen LogP contribution is -2.32. The number of amides is 1. The van der Waals surface area contributed by atoms with Gasteiger partial charge in [-0.15, -0.1) is 3.89 Å². The maximum atomic E-state index is 12.6. The molecule has 1 aromatic carbocycles. The number of rotatable bonds is 3. The van der Waals surface area contributed by atoms with E-state index < -0.39 is 26.8 Å². The van der Waals surface area contributed by atoms with Gasteiger partial charge in [-0.25, -0.2) is 4.79 Å². The molecule has 106 valence electrons. The highest BCUT2D eigenvalue weighted by atomic mass is 32.3. The maximum absolute atomic E-state index is 12.6. The van der Waals surface area contributed by atoms with Crippen molar-refractivity contribution in [2.24, 2.45) is 0 Å². The van der Waals surface area contributed by atoms with Crippen LogP contribution in [-0.4, -0.2) is 20.1 Å². The second-order valence-corrected chi connectivity index (χ2v) is 6.28. The van der Waals surface area contributed by atoms with E-state index in [2.05, 4.69) is 5.32 Å². The summed E-state index contributed by atoms with van der Waals surface area (Å²) in [5.74, 6) is 0. The number of hydrogen-bond donors (Lipinski definition) is 1. The van der Waals surface area contributed by atoms with Crippen molar-refractivity contribution in [2.45, 2.75) is 37.8 Å². The summed E-state index contributed by atoms with van der Waals surface area (Å²) >= 11 is 0. The quantitative estimate of drug-likeness (QED) is 0.867. The van der Waals surface area contributed by atoms with E-state index >= 15 is 0 Å². The summed E-state index contributed by atoms with van der Waals surface area (Å²) < 4.78 is 38.9.